The Bertz CT molecular complexity index is 887. The summed E-state index contributed by atoms with van der Waals surface area (Å²) in [5, 5.41) is 9.60. The van der Waals surface area contributed by atoms with Crippen LogP contribution in [0.1, 0.15) is 31.9 Å². The molecule has 3 rings (SSSR count). The number of nitrogens with zero attached hydrogens (tertiary/aromatic N) is 3. The van der Waals surface area contributed by atoms with Crippen LogP contribution in [0.15, 0.2) is 23.8 Å². The average molecular weight is 381 g/mol. The first-order valence-electron chi connectivity index (χ1n) is 9.43. The van der Waals surface area contributed by atoms with Gasteiger partial charge in [0.2, 0.25) is 0 Å². The normalized spacial score (nSPS) is 18.9. The number of hydrogen-bond acceptors (Lipinski definition) is 5. The maximum Gasteiger partial charge on any atom is 0.264 e. The third-order valence-electron chi connectivity index (χ3n) is 5.52. The summed E-state index contributed by atoms with van der Waals surface area (Å²) in [6, 6.07) is 6.04. The number of likely N-dealkylation sites (N-methyl/N-ethyl adjacent to an activating group) is 1. The molecule has 0 radical (unpaired) electrons. The minimum absolute atomic E-state index is 0.103. The van der Waals surface area contributed by atoms with Crippen molar-refractivity contribution in [2.45, 2.75) is 26.3 Å². The molecule has 0 spiro atoms. The molecule has 2 aliphatic heterocycles. The Morgan fingerprint density at radius 1 is 1.32 bits per heavy atom. The highest BCUT2D eigenvalue weighted by atomic mass is 16.5. The van der Waals surface area contributed by atoms with Crippen molar-refractivity contribution in [3.05, 3.63) is 34.9 Å². The number of anilines is 1. The fourth-order valence-electron chi connectivity index (χ4n) is 3.72. The van der Waals surface area contributed by atoms with Gasteiger partial charge in [0, 0.05) is 43.0 Å². The van der Waals surface area contributed by atoms with Crippen molar-refractivity contribution in [3.63, 3.8) is 0 Å². The van der Waals surface area contributed by atoms with Crippen molar-refractivity contribution >= 4 is 23.2 Å². The minimum atomic E-state index is -0.268. The maximum absolute atomic E-state index is 12.7. The monoisotopic (exact) mass is 381 g/mol. The number of amides is 1. The first kappa shape index (κ1) is 20.0. The van der Waals surface area contributed by atoms with E-state index in [0.29, 0.717) is 32.1 Å². The molecule has 1 aromatic rings. The molecular formula is C22H27N3O3. The lowest BCUT2D eigenvalue weighted by molar-refractivity contribution is -0.130. The summed E-state index contributed by atoms with van der Waals surface area (Å²) in [7, 11) is 3.66. The van der Waals surface area contributed by atoms with E-state index in [9.17, 15) is 10.1 Å². The standard InChI is InChI=1S/C22H27N3O3/c1-15-13-22(2,3)24(4)19-12-20(27-5)16(11-18(15)19)10-17(14-23)21(26)25-6-8-28-9-7-25/h10-13H,6-9H2,1-5H3/b17-10+. The quantitative estimate of drug-likeness (QED) is 0.595. The molecule has 1 aromatic carbocycles. The van der Waals surface area contributed by atoms with Gasteiger partial charge in [0.1, 0.15) is 17.4 Å². The molecular weight excluding hydrogens is 354 g/mol. The van der Waals surface area contributed by atoms with Gasteiger partial charge in [-0.1, -0.05) is 6.08 Å². The van der Waals surface area contributed by atoms with Crippen LogP contribution in [0, 0.1) is 11.3 Å². The molecule has 0 atom stereocenters. The van der Waals surface area contributed by atoms with Crippen molar-refractivity contribution in [3.8, 4) is 11.8 Å². The SMILES string of the molecule is COc1cc2c(cc1/C=C(\C#N)C(=O)N1CCOCC1)C(C)=CC(C)(C)N2C. The van der Waals surface area contributed by atoms with Crippen molar-refractivity contribution in [2.24, 2.45) is 0 Å². The Labute approximate surface area is 166 Å². The lowest BCUT2D eigenvalue weighted by Crippen LogP contribution is -2.42. The van der Waals surface area contributed by atoms with Crippen LogP contribution in [0.3, 0.4) is 0 Å². The van der Waals surface area contributed by atoms with Crippen LogP contribution < -0.4 is 9.64 Å². The summed E-state index contributed by atoms with van der Waals surface area (Å²) in [4.78, 5) is 16.6. The number of methoxy groups -OCH3 is 1. The third kappa shape index (κ3) is 3.63. The van der Waals surface area contributed by atoms with Gasteiger partial charge in [0.15, 0.2) is 0 Å². The van der Waals surface area contributed by atoms with E-state index in [1.807, 2.05) is 12.1 Å². The van der Waals surface area contributed by atoms with E-state index in [1.54, 1.807) is 18.1 Å². The van der Waals surface area contributed by atoms with Gasteiger partial charge in [-0.05, 0) is 38.5 Å². The molecule has 148 valence electrons. The maximum atomic E-state index is 12.7. The van der Waals surface area contributed by atoms with Gasteiger partial charge < -0.3 is 19.3 Å². The van der Waals surface area contributed by atoms with Gasteiger partial charge in [-0.2, -0.15) is 5.26 Å². The zero-order valence-electron chi connectivity index (χ0n) is 17.2. The van der Waals surface area contributed by atoms with E-state index in [2.05, 4.69) is 44.9 Å². The molecule has 6 heteroatoms. The van der Waals surface area contributed by atoms with Crippen molar-refractivity contribution < 1.29 is 14.3 Å². The summed E-state index contributed by atoms with van der Waals surface area (Å²) < 4.78 is 10.9. The van der Waals surface area contributed by atoms with E-state index in [1.165, 1.54) is 0 Å². The Morgan fingerprint density at radius 3 is 2.61 bits per heavy atom. The van der Waals surface area contributed by atoms with Gasteiger partial charge in [-0.25, -0.2) is 0 Å². The second-order valence-corrected chi connectivity index (χ2v) is 7.73. The van der Waals surface area contributed by atoms with Gasteiger partial charge in [0.25, 0.3) is 5.91 Å². The van der Waals surface area contributed by atoms with E-state index in [0.717, 1.165) is 22.4 Å². The van der Waals surface area contributed by atoms with Crippen LogP contribution in [0.2, 0.25) is 0 Å². The summed E-state index contributed by atoms with van der Waals surface area (Å²) in [6.07, 6.45) is 3.85. The zero-order valence-corrected chi connectivity index (χ0v) is 17.2. The highest BCUT2D eigenvalue weighted by Crippen LogP contribution is 2.41. The molecule has 0 unspecified atom stereocenters. The number of hydrogen-bond donors (Lipinski definition) is 0. The van der Waals surface area contributed by atoms with Crippen molar-refractivity contribution in [1.29, 1.82) is 5.26 Å². The molecule has 2 heterocycles. The van der Waals surface area contributed by atoms with Crippen LogP contribution in [-0.4, -0.2) is 56.8 Å². The number of rotatable bonds is 3. The van der Waals surface area contributed by atoms with E-state index in [4.69, 9.17) is 9.47 Å². The number of morpholine rings is 1. The van der Waals surface area contributed by atoms with Gasteiger partial charge in [-0.3, -0.25) is 4.79 Å². The highest BCUT2D eigenvalue weighted by molar-refractivity contribution is 6.02. The summed E-state index contributed by atoms with van der Waals surface area (Å²) in [6.45, 7) is 8.40. The molecule has 1 amide bonds. The van der Waals surface area contributed by atoms with Crippen molar-refractivity contribution in [1.82, 2.24) is 4.90 Å². The predicted octanol–water partition coefficient (Wildman–Crippen LogP) is 3.09. The summed E-state index contributed by atoms with van der Waals surface area (Å²) in [5.74, 6) is 0.370. The molecule has 0 aromatic heterocycles. The van der Waals surface area contributed by atoms with Crippen LogP contribution in [0.4, 0.5) is 5.69 Å². The number of carbonyl (C=O) groups excluding carboxylic acids is 1. The highest BCUT2D eigenvalue weighted by Gasteiger charge is 2.29. The van der Waals surface area contributed by atoms with Crippen molar-refractivity contribution in [2.75, 3.05) is 45.4 Å². The molecule has 0 N–H and O–H groups in total. The van der Waals surface area contributed by atoms with Crippen LogP contribution in [0.5, 0.6) is 5.75 Å². The minimum Gasteiger partial charge on any atom is -0.496 e. The number of fused-ring (bicyclic) bond motifs is 1. The summed E-state index contributed by atoms with van der Waals surface area (Å²) in [5.41, 5.74) is 4.02. The van der Waals surface area contributed by atoms with E-state index < -0.39 is 0 Å². The molecule has 0 aliphatic carbocycles. The predicted molar refractivity (Wildman–Crippen MR) is 110 cm³/mol. The number of nitriles is 1. The smallest absolute Gasteiger partial charge is 0.264 e. The molecule has 1 fully saturated rings. The Hall–Kier alpha value is -2.78. The second-order valence-electron chi connectivity index (χ2n) is 7.73. The van der Waals surface area contributed by atoms with E-state index in [-0.39, 0.29) is 17.0 Å². The van der Waals surface area contributed by atoms with Crippen LogP contribution in [0.25, 0.3) is 11.6 Å². The Morgan fingerprint density at radius 2 is 2.00 bits per heavy atom. The van der Waals surface area contributed by atoms with Gasteiger partial charge in [-0.15, -0.1) is 0 Å². The first-order chi connectivity index (χ1) is 13.3. The molecule has 1 saturated heterocycles. The Balaban J connectivity index is 2.04. The lowest BCUT2D eigenvalue weighted by Gasteiger charge is -2.41. The molecule has 0 bridgehead atoms. The number of carbonyl (C=O) groups is 1. The molecule has 6 nitrogen and oxygen atoms in total. The number of allylic oxidation sites excluding steroid dienone is 1. The largest absolute Gasteiger partial charge is 0.496 e. The fraction of sp³-hybridized carbons (Fsp3) is 0.455. The molecule has 28 heavy (non-hydrogen) atoms. The zero-order chi connectivity index (χ0) is 20.5. The average Bonchev–Trinajstić information content (AvgIpc) is 2.69. The molecule has 0 saturated carbocycles. The number of benzene rings is 1. The van der Waals surface area contributed by atoms with Crippen LogP contribution >= 0.6 is 0 Å². The summed E-state index contributed by atoms with van der Waals surface area (Å²) >= 11 is 0. The second kappa shape index (κ2) is 7.69. The van der Waals surface area contributed by atoms with Crippen LogP contribution in [-0.2, 0) is 9.53 Å². The Kier molecular flexibility index (Phi) is 5.48. The van der Waals surface area contributed by atoms with Gasteiger partial charge >= 0.3 is 0 Å². The first-order valence-corrected chi connectivity index (χ1v) is 9.43. The van der Waals surface area contributed by atoms with E-state index >= 15 is 0 Å². The molecule has 2 aliphatic rings. The third-order valence-corrected chi connectivity index (χ3v) is 5.52. The lowest BCUT2D eigenvalue weighted by atomic mass is 9.88. The topological polar surface area (TPSA) is 65.8 Å². The number of ether oxygens (including phenoxy) is 2. The van der Waals surface area contributed by atoms with Gasteiger partial charge in [0.05, 0.1) is 25.9 Å². The fourth-order valence-corrected chi connectivity index (χ4v) is 3.72.